The van der Waals surface area contributed by atoms with E-state index in [1.807, 2.05) is 0 Å². The molecule has 3 saturated carbocycles. The smallest absolute Gasteiger partial charge is 0.327 e. The minimum Gasteiger partial charge on any atom is -0.478 e. The maximum Gasteiger partial charge on any atom is 0.327 e. The van der Waals surface area contributed by atoms with Crippen molar-refractivity contribution < 1.29 is 9.90 Å². The third-order valence-corrected chi connectivity index (χ3v) is 19.4. The first-order valence-corrected chi connectivity index (χ1v) is 15.4. The van der Waals surface area contributed by atoms with E-state index in [-0.39, 0.29) is 0 Å². The summed E-state index contributed by atoms with van der Waals surface area (Å²) in [6, 6.07) is 0. The van der Waals surface area contributed by atoms with E-state index in [4.69, 9.17) is 5.11 Å². The van der Waals surface area contributed by atoms with Crippen LogP contribution in [0.2, 0.25) is 11.8 Å². The van der Waals surface area contributed by atoms with Crippen LogP contribution in [0.3, 0.4) is 0 Å². The van der Waals surface area contributed by atoms with Gasteiger partial charge in [-0.3, -0.25) is 0 Å². The fraction of sp³-hybridized carbons (Fsp3) is 0.857. The van der Waals surface area contributed by atoms with Crippen LogP contribution in [0.4, 0.5) is 0 Å². The maximum atomic E-state index is 9.25. The van der Waals surface area contributed by atoms with Gasteiger partial charge in [-0.1, -0.05) is 6.58 Å². The van der Waals surface area contributed by atoms with Gasteiger partial charge in [-0.05, 0) is 0 Å². The molecule has 2 nitrogen and oxygen atoms in total. The number of carbonyl (C=O) groups is 1. The number of rotatable bonds is 4. The van der Waals surface area contributed by atoms with E-state index in [1.54, 1.807) is 96.3 Å². The van der Waals surface area contributed by atoms with Gasteiger partial charge in [0.1, 0.15) is 0 Å². The van der Waals surface area contributed by atoms with Crippen LogP contribution in [-0.4, -0.2) is 30.8 Å². The summed E-state index contributed by atoms with van der Waals surface area (Å²) in [6.45, 7) is 2.96. The molecule has 1 radical (unpaired) electrons. The van der Waals surface area contributed by atoms with Gasteiger partial charge in [-0.15, -0.1) is 0 Å². The molecule has 3 heteroatoms. The molecule has 137 valence electrons. The van der Waals surface area contributed by atoms with E-state index in [9.17, 15) is 4.79 Å². The summed E-state index contributed by atoms with van der Waals surface area (Å²) in [4.78, 5) is 9.25. The Bertz CT molecular complexity index is 321. The summed E-state index contributed by atoms with van der Waals surface area (Å²) >= 11 is -1.15. The van der Waals surface area contributed by atoms with Gasteiger partial charge in [0.2, 0.25) is 0 Å². The molecule has 0 amide bonds. The van der Waals surface area contributed by atoms with Gasteiger partial charge in [-0.25, -0.2) is 4.79 Å². The molecule has 0 saturated heterocycles. The van der Waals surface area contributed by atoms with Gasteiger partial charge in [-0.2, -0.15) is 0 Å². The second-order valence-corrected chi connectivity index (χ2v) is 17.9. The van der Waals surface area contributed by atoms with Crippen molar-refractivity contribution >= 4 is 25.7 Å². The molecule has 1 N–H and O–H groups in total. The summed E-state index contributed by atoms with van der Waals surface area (Å²) < 4.78 is 3.96. The average molecular weight is 440 g/mol. The normalized spacial score (nSPS) is 24.2. The Balaban J connectivity index is 0.000000368. The van der Waals surface area contributed by atoms with Crippen molar-refractivity contribution in [2.75, 3.05) is 0 Å². The van der Waals surface area contributed by atoms with Crippen LogP contribution >= 0.6 is 0 Å². The number of hydrogen-bond acceptors (Lipinski definition) is 1. The second-order valence-electron chi connectivity index (χ2n) is 8.05. The number of carboxylic acid groups (broad SMARTS) is 1. The predicted octanol–water partition coefficient (Wildman–Crippen LogP) is 6.74. The van der Waals surface area contributed by atoms with Gasteiger partial charge in [0, 0.05) is 6.08 Å². The third-order valence-electron chi connectivity index (χ3n) is 6.40. The Morgan fingerprint density at radius 1 is 0.708 bits per heavy atom. The van der Waals surface area contributed by atoms with Crippen molar-refractivity contribution in [3.05, 3.63) is 12.7 Å². The Kier molecular flexibility index (Phi) is 9.81. The van der Waals surface area contributed by atoms with Gasteiger partial charge >= 0.3 is 134 Å². The van der Waals surface area contributed by atoms with Gasteiger partial charge in [0.25, 0.3) is 0 Å². The molecule has 0 aromatic heterocycles. The van der Waals surface area contributed by atoms with E-state index < -0.39 is 25.7 Å². The molecular weight excluding hydrogens is 403 g/mol. The minimum absolute atomic E-state index is 0.833. The Morgan fingerprint density at radius 3 is 1.17 bits per heavy atom. The van der Waals surface area contributed by atoms with E-state index in [0.29, 0.717) is 0 Å². The van der Waals surface area contributed by atoms with E-state index in [1.165, 1.54) is 11.8 Å². The first-order valence-electron chi connectivity index (χ1n) is 10.4. The molecule has 3 aliphatic rings. The Hall–Kier alpha value is 0.00870. The molecule has 0 spiro atoms. The summed E-state index contributed by atoms with van der Waals surface area (Å²) in [5, 5.41) is 7.60. The molecule has 3 aliphatic carbocycles. The quantitative estimate of drug-likeness (QED) is 0.388. The zero-order valence-corrected chi connectivity index (χ0v) is 18.3. The fourth-order valence-corrected chi connectivity index (χ4v) is 20.2. The van der Waals surface area contributed by atoms with Crippen LogP contribution in [0.25, 0.3) is 0 Å². The van der Waals surface area contributed by atoms with Crippen molar-refractivity contribution in [3.8, 4) is 0 Å². The van der Waals surface area contributed by atoms with Crippen LogP contribution in [0.5, 0.6) is 0 Å². The van der Waals surface area contributed by atoms with Crippen molar-refractivity contribution in [2.24, 2.45) is 0 Å². The first-order chi connectivity index (χ1) is 11.7. The third kappa shape index (κ3) is 6.72. The minimum atomic E-state index is -1.15. The fourth-order valence-electron chi connectivity index (χ4n) is 5.31. The predicted molar refractivity (Wildman–Crippen MR) is 104 cm³/mol. The molecule has 0 atom stereocenters. The Labute approximate surface area is 156 Å². The monoisotopic (exact) mass is 441 g/mol. The molecule has 0 aliphatic heterocycles. The zero-order chi connectivity index (χ0) is 17.2. The topological polar surface area (TPSA) is 37.3 Å². The van der Waals surface area contributed by atoms with Gasteiger partial charge < -0.3 is 5.11 Å². The first kappa shape index (κ1) is 20.3. The second kappa shape index (κ2) is 11.6. The van der Waals surface area contributed by atoms with Crippen molar-refractivity contribution in [1.82, 2.24) is 0 Å². The molecule has 0 aromatic carbocycles. The van der Waals surface area contributed by atoms with Crippen LogP contribution in [0, 0.1) is 0 Å². The van der Waals surface area contributed by atoms with E-state index in [2.05, 4.69) is 6.58 Å². The van der Waals surface area contributed by atoms with Crippen LogP contribution < -0.4 is 0 Å². The largest absolute Gasteiger partial charge is 0.478 e. The number of aliphatic carboxylic acids is 1. The SMILES string of the molecule is C1CC[CH]([Sn]([CH]2CCCCC2)[CH]2CCCCC2)CC1.C=CC(=O)O. The molecule has 3 rings (SSSR count). The molecule has 0 bridgehead atoms. The molecule has 24 heavy (non-hydrogen) atoms. The van der Waals surface area contributed by atoms with Crippen molar-refractivity contribution in [1.29, 1.82) is 0 Å². The average Bonchev–Trinajstić information content (AvgIpc) is 2.65. The number of carboxylic acids is 1. The van der Waals surface area contributed by atoms with Crippen LogP contribution in [-0.2, 0) is 4.79 Å². The standard InChI is InChI=1S/3C6H11.C3H4O2.Sn/c3*1-2-4-6-5-3-1;1-2-3(4)5;/h3*1H,2-6H2;2H,1H2,(H,4,5);. The van der Waals surface area contributed by atoms with Gasteiger partial charge in [0.15, 0.2) is 0 Å². The zero-order valence-electron chi connectivity index (χ0n) is 15.5. The Morgan fingerprint density at radius 2 is 0.958 bits per heavy atom. The van der Waals surface area contributed by atoms with Crippen molar-refractivity contribution in [3.63, 3.8) is 0 Å². The summed E-state index contributed by atoms with van der Waals surface area (Å²) in [5.74, 6) is -0.981. The van der Waals surface area contributed by atoms with E-state index >= 15 is 0 Å². The van der Waals surface area contributed by atoms with Crippen LogP contribution in [0.15, 0.2) is 12.7 Å². The summed E-state index contributed by atoms with van der Waals surface area (Å²) in [6.07, 6.45) is 25.1. The maximum absolute atomic E-state index is 9.25. The van der Waals surface area contributed by atoms with Crippen molar-refractivity contribution in [2.45, 2.75) is 108 Å². The molecular formula is C21H37O2Sn. The van der Waals surface area contributed by atoms with Crippen LogP contribution in [0.1, 0.15) is 96.3 Å². The molecule has 3 fully saturated rings. The number of hydrogen-bond donors (Lipinski definition) is 1. The summed E-state index contributed by atoms with van der Waals surface area (Å²) in [7, 11) is 0. The molecule has 0 aromatic rings. The molecule has 0 heterocycles. The van der Waals surface area contributed by atoms with E-state index in [0.717, 1.165) is 6.08 Å². The molecule has 0 unspecified atom stereocenters. The summed E-state index contributed by atoms with van der Waals surface area (Å²) in [5.41, 5.74) is 0. The van der Waals surface area contributed by atoms with Gasteiger partial charge in [0.05, 0.1) is 0 Å².